The van der Waals surface area contributed by atoms with Gasteiger partial charge >= 0.3 is 11.8 Å². The number of esters is 1. The highest BCUT2D eigenvalue weighted by molar-refractivity contribution is 5.89. The number of phenols is 2. The lowest BCUT2D eigenvalue weighted by Gasteiger charge is -2.40. The molecule has 0 aliphatic carbocycles. The maximum atomic E-state index is 13.1. The molecule has 6 N–H and O–H groups in total. The topological polar surface area (TPSA) is 194 Å². The Morgan fingerprint density at radius 1 is 0.895 bits per heavy atom. The van der Waals surface area contributed by atoms with Crippen LogP contribution in [0.15, 0.2) is 48.2 Å². The minimum atomic E-state index is -1.90. The summed E-state index contributed by atoms with van der Waals surface area (Å²) in [6.07, 6.45) is -6.48. The molecule has 4 rings (SSSR count). The van der Waals surface area contributed by atoms with Crippen molar-refractivity contribution in [1.29, 1.82) is 0 Å². The van der Waals surface area contributed by atoms with E-state index >= 15 is 0 Å². The third-order valence-corrected chi connectivity index (χ3v) is 6.24. The number of cyclic esters (lactones) is 1. The summed E-state index contributed by atoms with van der Waals surface area (Å²) in [6.45, 7) is -1.14. The fourth-order valence-corrected chi connectivity index (χ4v) is 4.08. The summed E-state index contributed by atoms with van der Waals surface area (Å²) in [5.74, 6) is -2.96. The number of benzene rings is 2. The molecule has 0 saturated carbocycles. The highest BCUT2D eigenvalue weighted by Crippen LogP contribution is 2.44. The van der Waals surface area contributed by atoms with Crippen molar-refractivity contribution in [3.05, 3.63) is 59.4 Å². The van der Waals surface area contributed by atoms with Crippen molar-refractivity contribution in [2.45, 2.75) is 36.5 Å². The molecule has 0 amide bonds. The van der Waals surface area contributed by atoms with Crippen LogP contribution in [-0.2, 0) is 29.5 Å². The zero-order valence-corrected chi connectivity index (χ0v) is 20.4. The predicted molar refractivity (Wildman–Crippen MR) is 125 cm³/mol. The van der Waals surface area contributed by atoms with Gasteiger partial charge in [0.2, 0.25) is 0 Å². The third-order valence-electron chi connectivity index (χ3n) is 6.24. The van der Waals surface area contributed by atoms with Gasteiger partial charge in [-0.3, -0.25) is 0 Å². The maximum Gasteiger partial charge on any atom is 0.343 e. The summed E-state index contributed by atoms with van der Waals surface area (Å²) in [5, 5.41) is 59.5. The Morgan fingerprint density at radius 2 is 1.47 bits per heavy atom. The standard InChI is InChI=1S/C25H28O13/c1-33-17-7-13(3-5-15(17)27)25(14-4-6-16(28)18(8-14)34-2)36-11-12(23(32)38-25)10-35-24-22(31)21(30)20(29)19(9-26)37-24/h3-8,11,19-22,24,26-31H,9-10H2,1-2H3. The number of methoxy groups -OCH3 is 2. The lowest BCUT2D eigenvalue weighted by atomic mass is 9.95. The second-order valence-electron chi connectivity index (χ2n) is 8.55. The molecule has 0 aromatic heterocycles. The molecule has 0 spiro atoms. The van der Waals surface area contributed by atoms with Gasteiger partial charge in [0.05, 0.1) is 33.0 Å². The number of carbonyl (C=O) groups excluding carboxylic acids is 1. The van der Waals surface area contributed by atoms with E-state index in [1.54, 1.807) is 0 Å². The second kappa shape index (κ2) is 11.0. The van der Waals surface area contributed by atoms with Crippen molar-refractivity contribution in [1.82, 2.24) is 0 Å². The van der Waals surface area contributed by atoms with Crippen LogP contribution in [0.25, 0.3) is 0 Å². The van der Waals surface area contributed by atoms with E-state index < -0.39 is 55.7 Å². The van der Waals surface area contributed by atoms with Crippen LogP contribution in [0.2, 0.25) is 0 Å². The maximum absolute atomic E-state index is 13.1. The van der Waals surface area contributed by atoms with Crippen LogP contribution in [0.1, 0.15) is 11.1 Å². The van der Waals surface area contributed by atoms with E-state index in [1.165, 1.54) is 50.6 Å². The number of ether oxygens (including phenoxy) is 6. The van der Waals surface area contributed by atoms with Gasteiger partial charge in [0, 0.05) is 11.1 Å². The smallest absolute Gasteiger partial charge is 0.343 e. The molecular formula is C25H28O13. The van der Waals surface area contributed by atoms with Gasteiger partial charge in [-0.25, -0.2) is 4.79 Å². The van der Waals surface area contributed by atoms with Crippen molar-refractivity contribution in [3.63, 3.8) is 0 Å². The summed E-state index contributed by atoms with van der Waals surface area (Å²) in [6, 6.07) is 8.37. The number of hydrogen-bond acceptors (Lipinski definition) is 13. The van der Waals surface area contributed by atoms with Gasteiger partial charge in [-0.1, -0.05) is 0 Å². The van der Waals surface area contributed by atoms with Crippen molar-refractivity contribution in [2.24, 2.45) is 0 Å². The number of aliphatic hydroxyl groups is 4. The number of phenolic OH excluding ortho intramolecular Hbond substituents is 2. The molecule has 2 heterocycles. The lowest BCUT2D eigenvalue weighted by molar-refractivity contribution is -0.299. The van der Waals surface area contributed by atoms with Crippen molar-refractivity contribution in [2.75, 3.05) is 27.4 Å². The van der Waals surface area contributed by atoms with Crippen LogP contribution in [0.5, 0.6) is 23.0 Å². The molecule has 1 saturated heterocycles. The van der Waals surface area contributed by atoms with Gasteiger partial charge in [-0.2, -0.15) is 0 Å². The molecule has 2 aromatic rings. The first-order chi connectivity index (χ1) is 18.1. The van der Waals surface area contributed by atoms with E-state index in [1.807, 2.05) is 0 Å². The van der Waals surface area contributed by atoms with E-state index in [0.29, 0.717) is 0 Å². The molecule has 2 aliphatic heterocycles. The van der Waals surface area contributed by atoms with Gasteiger partial charge < -0.3 is 59.1 Å². The molecule has 0 radical (unpaired) electrons. The van der Waals surface area contributed by atoms with Crippen molar-refractivity contribution in [3.8, 4) is 23.0 Å². The molecule has 5 atom stereocenters. The fraction of sp³-hybridized carbons (Fsp3) is 0.400. The predicted octanol–water partition coefficient (Wildman–Crippen LogP) is -0.410. The first-order valence-electron chi connectivity index (χ1n) is 11.4. The minimum Gasteiger partial charge on any atom is -0.504 e. The number of carbonyl (C=O) groups is 1. The van der Waals surface area contributed by atoms with E-state index in [2.05, 4.69) is 0 Å². The van der Waals surface area contributed by atoms with Gasteiger partial charge in [-0.15, -0.1) is 0 Å². The van der Waals surface area contributed by atoms with Gasteiger partial charge in [0.1, 0.15) is 30.7 Å². The van der Waals surface area contributed by atoms with Crippen LogP contribution in [0, 0.1) is 0 Å². The molecule has 13 nitrogen and oxygen atoms in total. The lowest BCUT2D eigenvalue weighted by Crippen LogP contribution is -2.59. The molecule has 206 valence electrons. The summed E-state index contributed by atoms with van der Waals surface area (Å²) in [4.78, 5) is 13.1. The Balaban J connectivity index is 1.65. The first kappa shape index (κ1) is 27.4. The number of aromatic hydroxyl groups is 2. The average molecular weight is 536 g/mol. The number of rotatable bonds is 8. The molecule has 0 bridgehead atoms. The molecule has 5 unspecified atom stereocenters. The summed E-state index contributed by atoms with van der Waals surface area (Å²) < 4.78 is 32.8. The van der Waals surface area contributed by atoms with Crippen molar-refractivity contribution < 1.29 is 63.9 Å². The highest BCUT2D eigenvalue weighted by atomic mass is 16.7. The molecule has 38 heavy (non-hydrogen) atoms. The monoisotopic (exact) mass is 536 g/mol. The largest absolute Gasteiger partial charge is 0.504 e. The number of aliphatic hydroxyl groups excluding tert-OH is 4. The van der Waals surface area contributed by atoms with Gasteiger partial charge in [0.15, 0.2) is 29.3 Å². The third kappa shape index (κ3) is 4.95. The van der Waals surface area contributed by atoms with Crippen LogP contribution < -0.4 is 9.47 Å². The average Bonchev–Trinajstić information content (AvgIpc) is 2.92. The molecular weight excluding hydrogens is 508 g/mol. The van der Waals surface area contributed by atoms with E-state index in [-0.39, 0.29) is 39.7 Å². The Bertz CT molecular complexity index is 1140. The van der Waals surface area contributed by atoms with E-state index in [0.717, 1.165) is 6.26 Å². The zero-order valence-electron chi connectivity index (χ0n) is 20.4. The van der Waals surface area contributed by atoms with Crippen LogP contribution in [0.4, 0.5) is 0 Å². The fourth-order valence-electron chi connectivity index (χ4n) is 4.08. The SMILES string of the molecule is COc1cc(C2(c3ccc(O)c(OC)c3)OC=C(COC3OC(CO)C(O)C(O)C3O)C(=O)O2)ccc1O. The van der Waals surface area contributed by atoms with E-state index in [4.69, 9.17) is 28.4 Å². The normalized spacial score (nSPS) is 26.6. The van der Waals surface area contributed by atoms with Crippen LogP contribution in [0.3, 0.4) is 0 Å². The van der Waals surface area contributed by atoms with Crippen LogP contribution in [-0.4, -0.2) is 94.7 Å². The first-order valence-corrected chi connectivity index (χ1v) is 11.4. The Morgan fingerprint density at radius 3 is 1.97 bits per heavy atom. The minimum absolute atomic E-state index is 0.0768. The van der Waals surface area contributed by atoms with Gasteiger partial charge in [-0.05, 0) is 36.4 Å². The van der Waals surface area contributed by atoms with Crippen molar-refractivity contribution >= 4 is 5.97 Å². The van der Waals surface area contributed by atoms with Gasteiger partial charge in [0.25, 0.3) is 0 Å². The Kier molecular flexibility index (Phi) is 7.97. The number of hydrogen-bond donors (Lipinski definition) is 6. The molecule has 13 heteroatoms. The summed E-state index contributed by atoms with van der Waals surface area (Å²) >= 11 is 0. The summed E-state index contributed by atoms with van der Waals surface area (Å²) in [5.41, 5.74) is 0.367. The highest BCUT2D eigenvalue weighted by Gasteiger charge is 2.47. The quantitative estimate of drug-likeness (QED) is 0.239. The molecule has 1 fully saturated rings. The summed E-state index contributed by atoms with van der Waals surface area (Å²) in [7, 11) is 2.69. The second-order valence-corrected chi connectivity index (χ2v) is 8.55. The Labute approximate surface area is 216 Å². The molecule has 2 aromatic carbocycles. The van der Waals surface area contributed by atoms with Crippen LogP contribution >= 0.6 is 0 Å². The Hall–Kier alpha value is -3.59. The molecule has 2 aliphatic rings. The van der Waals surface area contributed by atoms with E-state index in [9.17, 15) is 35.4 Å². The zero-order chi connectivity index (χ0) is 27.6.